The van der Waals surface area contributed by atoms with Crippen LogP contribution in [0.2, 0.25) is 0 Å². The molecule has 1 aromatic carbocycles. The summed E-state index contributed by atoms with van der Waals surface area (Å²) in [7, 11) is 3.28. The lowest BCUT2D eigenvalue weighted by Gasteiger charge is -2.38. The van der Waals surface area contributed by atoms with Crippen LogP contribution in [0, 0.1) is 0 Å². The SMILES string of the molecule is COc1ccccc1NC(=O)N1CCC(OC)CC1CN. The molecule has 0 aliphatic carbocycles. The van der Waals surface area contributed by atoms with E-state index in [0.29, 0.717) is 24.5 Å². The summed E-state index contributed by atoms with van der Waals surface area (Å²) in [6, 6.07) is 7.20. The minimum absolute atomic E-state index is 0.00147. The van der Waals surface area contributed by atoms with Crippen molar-refractivity contribution in [1.29, 1.82) is 0 Å². The number of amides is 2. The monoisotopic (exact) mass is 293 g/mol. The number of rotatable bonds is 4. The van der Waals surface area contributed by atoms with Gasteiger partial charge in [0, 0.05) is 26.2 Å². The zero-order valence-corrected chi connectivity index (χ0v) is 12.5. The summed E-state index contributed by atoms with van der Waals surface area (Å²) in [4.78, 5) is 14.2. The molecule has 1 aliphatic rings. The summed E-state index contributed by atoms with van der Waals surface area (Å²) >= 11 is 0. The quantitative estimate of drug-likeness (QED) is 0.885. The van der Waals surface area contributed by atoms with Crippen molar-refractivity contribution in [3.8, 4) is 5.75 Å². The van der Waals surface area contributed by atoms with Gasteiger partial charge in [-0.1, -0.05) is 12.1 Å². The van der Waals surface area contributed by atoms with Crippen molar-refractivity contribution in [3.05, 3.63) is 24.3 Å². The van der Waals surface area contributed by atoms with Gasteiger partial charge in [0.1, 0.15) is 5.75 Å². The maximum atomic E-state index is 12.5. The molecule has 0 spiro atoms. The van der Waals surface area contributed by atoms with Crippen molar-refractivity contribution in [1.82, 2.24) is 4.90 Å². The molecule has 1 heterocycles. The van der Waals surface area contributed by atoms with Gasteiger partial charge in [-0.15, -0.1) is 0 Å². The molecule has 116 valence electrons. The first kappa shape index (κ1) is 15.6. The molecule has 0 bridgehead atoms. The van der Waals surface area contributed by atoms with Crippen molar-refractivity contribution in [2.75, 3.05) is 32.6 Å². The molecule has 0 radical (unpaired) electrons. The standard InChI is InChI=1S/C15H23N3O3/c1-20-12-7-8-18(11(9-12)10-16)15(19)17-13-5-3-4-6-14(13)21-2/h3-6,11-12H,7-10,16H2,1-2H3,(H,17,19). The first-order valence-electron chi connectivity index (χ1n) is 7.13. The Morgan fingerprint density at radius 1 is 1.43 bits per heavy atom. The molecular formula is C15H23N3O3. The lowest BCUT2D eigenvalue weighted by Crippen LogP contribution is -2.52. The van der Waals surface area contributed by atoms with Gasteiger partial charge in [0.15, 0.2) is 0 Å². The largest absolute Gasteiger partial charge is 0.495 e. The number of carbonyl (C=O) groups is 1. The summed E-state index contributed by atoms with van der Waals surface area (Å²) in [6.07, 6.45) is 1.77. The lowest BCUT2D eigenvalue weighted by molar-refractivity contribution is 0.0292. The van der Waals surface area contributed by atoms with Crippen LogP contribution in [0.5, 0.6) is 5.75 Å². The number of para-hydroxylation sites is 2. The first-order valence-corrected chi connectivity index (χ1v) is 7.13. The van der Waals surface area contributed by atoms with Crippen LogP contribution in [0.25, 0.3) is 0 Å². The van der Waals surface area contributed by atoms with Crippen molar-refractivity contribution >= 4 is 11.7 Å². The van der Waals surface area contributed by atoms with Crippen molar-refractivity contribution in [2.45, 2.75) is 25.0 Å². The Kier molecular flexibility index (Phi) is 5.41. The number of hydrogen-bond acceptors (Lipinski definition) is 4. The minimum Gasteiger partial charge on any atom is -0.495 e. The molecular weight excluding hydrogens is 270 g/mol. The number of benzene rings is 1. The van der Waals surface area contributed by atoms with E-state index in [-0.39, 0.29) is 18.2 Å². The van der Waals surface area contributed by atoms with Gasteiger partial charge in [0.2, 0.25) is 0 Å². The summed E-state index contributed by atoms with van der Waals surface area (Å²) in [5.74, 6) is 0.641. The Morgan fingerprint density at radius 3 is 2.86 bits per heavy atom. The van der Waals surface area contributed by atoms with Crippen LogP contribution in [0.1, 0.15) is 12.8 Å². The van der Waals surface area contributed by atoms with E-state index in [1.807, 2.05) is 24.3 Å². The van der Waals surface area contributed by atoms with Crippen LogP contribution in [0.4, 0.5) is 10.5 Å². The molecule has 21 heavy (non-hydrogen) atoms. The number of methoxy groups -OCH3 is 2. The van der Waals surface area contributed by atoms with Gasteiger partial charge in [0.25, 0.3) is 0 Å². The average molecular weight is 293 g/mol. The molecule has 1 aliphatic heterocycles. The Morgan fingerprint density at radius 2 is 2.19 bits per heavy atom. The van der Waals surface area contributed by atoms with Gasteiger partial charge in [-0.3, -0.25) is 0 Å². The second-order valence-corrected chi connectivity index (χ2v) is 5.10. The molecule has 6 heteroatoms. The van der Waals surface area contributed by atoms with E-state index >= 15 is 0 Å². The summed E-state index contributed by atoms with van der Waals surface area (Å²) in [6.45, 7) is 1.07. The number of urea groups is 1. The van der Waals surface area contributed by atoms with E-state index in [4.69, 9.17) is 15.2 Å². The van der Waals surface area contributed by atoms with Crippen molar-refractivity contribution in [3.63, 3.8) is 0 Å². The molecule has 0 saturated carbocycles. The fourth-order valence-corrected chi connectivity index (χ4v) is 2.65. The van der Waals surface area contributed by atoms with Crippen LogP contribution < -0.4 is 15.8 Å². The Hall–Kier alpha value is -1.79. The Bertz CT molecular complexity index is 481. The third kappa shape index (κ3) is 3.65. The van der Waals surface area contributed by atoms with Crippen molar-refractivity contribution in [2.24, 2.45) is 5.73 Å². The zero-order chi connectivity index (χ0) is 15.2. The lowest BCUT2D eigenvalue weighted by atomic mass is 10.00. The fourth-order valence-electron chi connectivity index (χ4n) is 2.65. The molecule has 0 aromatic heterocycles. The molecule has 2 amide bonds. The van der Waals surface area contributed by atoms with Gasteiger partial charge in [-0.05, 0) is 25.0 Å². The highest BCUT2D eigenvalue weighted by Crippen LogP contribution is 2.25. The maximum Gasteiger partial charge on any atom is 0.322 e. The Labute approximate surface area is 125 Å². The van der Waals surface area contributed by atoms with Crippen LogP contribution in [-0.2, 0) is 4.74 Å². The summed E-state index contributed by atoms with van der Waals surface area (Å²) in [5, 5.41) is 2.89. The molecule has 2 atom stereocenters. The second-order valence-electron chi connectivity index (χ2n) is 5.10. The number of nitrogens with zero attached hydrogens (tertiary/aromatic N) is 1. The summed E-state index contributed by atoms with van der Waals surface area (Å²) in [5.41, 5.74) is 6.46. The van der Waals surface area contributed by atoms with Crippen LogP contribution in [0.15, 0.2) is 24.3 Å². The number of anilines is 1. The van der Waals surface area contributed by atoms with E-state index in [1.54, 1.807) is 19.1 Å². The predicted molar refractivity (Wildman–Crippen MR) is 81.6 cm³/mol. The van der Waals surface area contributed by atoms with E-state index in [0.717, 1.165) is 12.8 Å². The van der Waals surface area contributed by atoms with Gasteiger partial charge >= 0.3 is 6.03 Å². The molecule has 2 rings (SSSR count). The smallest absolute Gasteiger partial charge is 0.322 e. The number of likely N-dealkylation sites (tertiary alicyclic amines) is 1. The molecule has 3 N–H and O–H groups in total. The van der Waals surface area contributed by atoms with E-state index in [2.05, 4.69) is 5.32 Å². The average Bonchev–Trinajstić information content (AvgIpc) is 2.54. The number of piperidine rings is 1. The summed E-state index contributed by atoms with van der Waals surface area (Å²) < 4.78 is 10.6. The van der Waals surface area contributed by atoms with E-state index in [1.165, 1.54) is 0 Å². The number of nitrogens with one attached hydrogen (secondary N) is 1. The molecule has 1 fully saturated rings. The number of ether oxygens (including phenoxy) is 2. The third-order valence-electron chi connectivity index (χ3n) is 3.88. The highest BCUT2D eigenvalue weighted by Gasteiger charge is 2.31. The minimum atomic E-state index is -0.149. The first-order chi connectivity index (χ1) is 10.2. The van der Waals surface area contributed by atoms with E-state index in [9.17, 15) is 4.79 Å². The normalized spacial score (nSPS) is 22.0. The van der Waals surface area contributed by atoms with Gasteiger partial charge < -0.3 is 25.4 Å². The number of nitrogens with two attached hydrogens (primary N) is 1. The zero-order valence-electron chi connectivity index (χ0n) is 12.5. The second kappa shape index (κ2) is 7.28. The molecule has 6 nitrogen and oxygen atoms in total. The van der Waals surface area contributed by atoms with Crippen molar-refractivity contribution < 1.29 is 14.3 Å². The third-order valence-corrected chi connectivity index (χ3v) is 3.88. The maximum absolute atomic E-state index is 12.5. The number of carbonyl (C=O) groups excluding carboxylic acids is 1. The molecule has 1 saturated heterocycles. The fraction of sp³-hybridized carbons (Fsp3) is 0.533. The van der Waals surface area contributed by atoms with Crippen LogP contribution >= 0.6 is 0 Å². The van der Waals surface area contributed by atoms with Gasteiger partial charge in [0.05, 0.1) is 18.9 Å². The number of hydrogen-bond donors (Lipinski definition) is 2. The predicted octanol–water partition coefficient (Wildman–Crippen LogP) is 1.67. The van der Waals surface area contributed by atoms with Gasteiger partial charge in [-0.2, -0.15) is 0 Å². The van der Waals surface area contributed by atoms with Gasteiger partial charge in [-0.25, -0.2) is 4.79 Å². The highest BCUT2D eigenvalue weighted by atomic mass is 16.5. The highest BCUT2D eigenvalue weighted by molar-refractivity contribution is 5.91. The Balaban J connectivity index is 2.05. The molecule has 2 unspecified atom stereocenters. The van der Waals surface area contributed by atoms with Crippen LogP contribution in [0.3, 0.4) is 0 Å². The molecule has 1 aromatic rings. The van der Waals surface area contributed by atoms with Crippen LogP contribution in [-0.4, -0.2) is 50.4 Å². The topological polar surface area (TPSA) is 76.8 Å². The van der Waals surface area contributed by atoms with E-state index < -0.39 is 0 Å².